The molecule has 1 aromatic rings. The summed E-state index contributed by atoms with van der Waals surface area (Å²) in [6.45, 7) is 3.84. The first-order valence-electron chi connectivity index (χ1n) is 8.39. The lowest BCUT2D eigenvalue weighted by Gasteiger charge is -2.31. The van der Waals surface area contributed by atoms with Gasteiger partial charge in [0, 0.05) is 37.1 Å². The molecule has 1 aliphatic heterocycles. The van der Waals surface area contributed by atoms with Gasteiger partial charge in [0.25, 0.3) is 0 Å². The number of carbonyl (C=O) groups is 2. The summed E-state index contributed by atoms with van der Waals surface area (Å²) < 4.78 is 4.98. The molecule has 1 fully saturated rings. The summed E-state index contributed by atoms with van der Waals surface area (Å²) in [5, 5.41) is 7.23. The van der Waals surface area contributed by atoms with Crippen molar-refractivity contribution in [3.05, 3.63) is 28.2 Å². The molecular weight excluding hydrogens is 365 g/mol. The lowest BCUT2D eigenvalue weighted by molar-refractivity contribution is -0.121. The lowest BCUT2D eigenvalue weighted by Crippen LogP contribution is -2.46. The van der Waals surface area contributed by atoms with Crippen molar-refractivity contribution < 1.29 is 14.3 Å². The number of piperidine rings is 1. The predicted octanol–water partition coefficient (Wildman–Crippen LogP) is 3.53. The van der Waals surface area contributed by atoms with Gasteiger partial charge in [-0.15, -0.1) is 0 Å². The maximum absolute atomic E-state index is 12.0. The van der Waals surface area contributed by atoms with Crippen molar-refractivity contribution in [2.45, 2.75) is 32.2 Å². The zero-order chi connectivity index (χ0) is 18.2. The average molecular weight is 388 g/mol. The Morgan fingerprint density at radius 2 is 2.00 bits per heavy atom. The second kappa shape index (κ2) is 9.73. The van der Waals surface area contributed by atoms with Gasteiger partial charge in [-0.3, -0.25) is 4.79 Å². The van der Waals surface area contributed by atoms with Crippen molar-refractivity contribution in [3.8, 4) is 0 Å². The Balaban J connectivity index is 1.67. The first-order chi connectivity index (χ1) is 12.0. The van der Waals surface area contributed by atoms with Gasteiger partial charge in [0.05, 0.1) is 17.3 Å². The molecule has 0 aromatic heterocycles. The lowest BCUT2D eigenvalue weighted by atomic mass is 10.1. The van der Waals surface area contributed by atoms with Crippen molar-refractivity contribution in [1.82, 2.24) is 10.2 Å². The highest BCUT2D eigenvalue weighted by atomic mass is 35.5. The van der Waals surface area contributed by atoms with Gasteiger partial charge in [0.1, 0.15) is 0 Å². The van der Waals surface area contributed by atoms with E-state index in [1.54, 1.807) is 30.0 Å². The molecule has 1 heterocycles. The Morgan fingerprint density at radius 1 is 1.28 bits per heavy atom. The minimum Gasteiger partial charge on any atom is -0.450 e. The van der Waals surface area contributed by atoms with Crippen LogP contribution in [0.3, 0.4) is 0 Å². The van der Waals surface area contributed by atoms with Gasteiger partial charge in [0.2, 0.25) is 5.91 Å². The number of carbonyl (C=O) groups excluding carboxylic acids is 2. The molecule has 0 atom stereocenters. The Bertz CT molecular complexity index is 605. The maximum Gasteiger partial charge on any atom is 0.409 e. The second-order valence-electron chi connectivity index (χ2n) is 5.83. The number of hydrogen-bond donors (Lipinski definition) is 2. The summed E-state index contributed by atoms with van der Waals surface area (Å²) in [5.41, 5.74) is 0.751. The number of amides is 2. The fourth-order valence-electron chi connectivity index (χ4n) is 2.66. The Morgan fingerprint density at radius 3 is 2.64 bits per heavy atom. The van der Waals surface area contributed by atoms with Crippen LogP contribution in [0.2, 0.25) is 10.0 Å². The number of hydrogen-bond acceptors (Lipinski definition) is 4. The van der Waals surface area contributed by atoms with Crippen LogP contribution in [0.1, 0.15) is 26.2 Å². The Hall–Kier alpha value is -1.66. The monoisotopic (exact) mass is 387 g/mol. The molecule has 0 saturated carbocycles. The van der Waals surface area contributed by atoms with Gasteiger partial charge in [0.15, 0.2) is 0 Å². The van der Waals surface area contributed by atoms with E-state index in [0.717, 1.165) is 18.5 Å². The summed E-state index contributed by atoms with van der Waals surface area (Å²) in [7, 11) is 0. The van der Waals surface area contributed by atoms with Crippen LogP contribution in [-0.4, -0.2) is 49.2 Å². The molecular formula is C17H23Cl2N3O3. The normalized spacial score (nSPS) is 14.9. The highest BCUT2D eigenvalue weighted by Gasteiger charge is 2.24. The third-order valence-corrected chi connectivity index (χ3v) is 4.53. The summed E-state index contributed by atoms with van der Waals surface area (Å²) in [6.07, 6.45) is 1.54. The SMILES string of the molecule is CCOC(=O)N1CCC(NC(=O)CCNc2ccc(Cl)cc2Cl)CC1. The van der Waals surface area contributed by atoms with Crippen LogP contribution in [0.4, 0.5) is 10.5 Å². The van der Waals surface area contributed by atoms with E-state index >= 15 is 0 Å². The number of nitrogens with zero attached hydrogens (tertiary/aromatic N) is 1. The number of anilines is 1. The van der Waals surface area contributed by atoms with Gasteiger partial charge in [-0.2, -0.15) is 0 Å². The second-order valence-corrected chi connectivity index (χ2v) is 6.67. The zero-order valence-corrected chi connectivity index (χ0v) is 15.7. The molecule has 0 bridgehead atoms. The minimum absolute atomic E-state index is 0.0211. The van der Waals surface area contributed by atoms with Gasteiger partial charge < -0.3 is 20.3 Å². The molecule has 0 aliphatic carbocycles. The van der Waals surface area contributed by atoms with E-state index in [1.165, 1.54) is 0 Å². The van der Waals surface area contributed by atoms with E-state index in [2.05, 4.69) is 10.6 Å². The number of nitrogens with one attached hydrogen (secondary N) is 2. The van der Waals surface area contributed by atoms with Crippen molar-refractivity contribution in [2.75, 3.05) is 31.6 Å². The van der Waals surface area contributed by atoms with Crippen molar-refractivity contribution in [3.63, 3.8) is 0 Å². The van der Waals surface area contributed by atoms with Crippen LogP contribution < -0.4 is 10.6 Å². The molecule has 1 aromatic carbocycles. The molecule has 2 rings (SSSR count). The molecule has 25 heavy (non-hydrogen) atoms. The van der Waals surface area contributed by atoms with Gasteiger partial charge in [-0.25, -0.2) is 4.79 Å². The number of rotatable bonds is 6. The molecule has 2 amide bonds. The molecule has 0 spiro atoms. The highest BCUT2D eigenvalue weighted by Crippen LogP contribution is 2.25. The van der Waals surface area contributed by atoms with Crippen LogP contribution in [0, 0.1) is 0 Å². The van der Waals surface area contributed by atoms with Crippen molar-refractivity contribution in [1.29, 1.82) is 0 Å². The van der Waals surface area contributed by atoms with E-state index in [1.807, 2.05) is 0 Å². The molecule has 0 radical (unpaired) electrons. The number of benzene rings is 1. The van der Waals surface area contributed by atoms with Gasteiger partial charge >= 0.3 is 6.09 Å². The van der Waals surface area contributed by atoms with Crippen molar-refractivity contribution in [2.24, 2.45) is 0 Å². The van der Waals surface area contributed by atoms with Gasteiger partial charge in [-0.1, -0.05) is 23.2 Å². The Labute approximate surface area is 157 Å². The third kappa shape index (κ3) is 6.29. The van der Waals surface area contributed by atoms with E-state index < -0.39 is 0 Å². The summed E-state index contributed by atoms with van der Waals surface area (Å²) >= 11 is 11.9. The molecule has 0 unspecified atom stereocenters. The van der Waals surface area contributed by atoms with Gasteiger partial charge in [-0.05, 0) is 38.0 Å². The molecule has 6 nitrogen and oxygen atoms in total. The first-order valence-corrected chi connectivity index (χ1v) is 9.15. The standard InChI is InChI=1S/C17H23Cl2N3O3/c1-2-25-17(24)22-9-6-13(7-10-22)21-16(23)5-8-20-15-4-3-12(18)11-14(15)19/h3-4,11,13,20H,2,5-10H2,1H3,(H,21,23). The number of likely N-dealkylation sites (tertiary alicyclic amines) is 1. The van der Waals surface area contributed by atoms with Crippen LogP contribution >= 0.6 is 23.2 Å². The highest BCUT2D eigenvalue weighted by molar-refractivity contribution is 6.36. The molecule has 8 heteroatoms. The molecule has 2 N–H and O–H groups in total. The van der Waals surface area contributed by atoms with Crippen LogP contribution in [-0.2, 0) is 9.53 Å². The van der Waals surface area contributed by atoms with E-state index in [9.17, 15) is 9.59 Å². The predicted molar refractivity (Wildman–Crippen MR) is 99.3 cm³/mol. The fraction of sp³-hybridized carbons (Fsp3) is 0.529. The third-order valence-electron chi connectivity index (χ3n) is 3.98. The van der Waals surface area contributed by atoms with E-state index in [-0.39, 0.29) is 18.0 Å². The maximum atomic E-state index is 12.0. The largest absolute Gasteiger partial charge is 0.450 e. The summed E-state index contributed by atoms with van der Waals surface area (Å²) in [5.74, 6) is -0.0211. The first kappa shape index (κ1) is 19.7. The van der Waals surface area contributed by atoms with Crippen LogP contribution in [0.5, 0.6) is 0 Å². The molecule has 1 aliphatic rings. The zero-order valence-electron chi connectivity index (χ0n) is 14.2. The Kier molecular flexibility index (Phi) is 7.65. The van der Waals surface area contributed by atoms with Crippen LogP contribution in [0.15, 0.2) is 18.2 Å². The molecule has 1 saturated heterocycles. The van der Waals surface area contributed by atoms with Crippen molar-refractivity contribution >= 4 is 40.9 Å². The number of ether oxygens (including phenoxy) is 1. The average Bonchev–Trinajstić information content (AvgIpc) is 2.57. The smallest absolute Gasteiger partial charge is 0.409 e. The molecule has 138 valence electrons. The summed E-state index contributed by atoms with van der Waals surface area (Å²) in [6, 6.07) is 5.28. The number of halogens is 2. The van der Waals surface area contributed by atoms with E-state index in [4.69, 9.17) is 27.9 Å². The quantitative estimate of drug-likeness (QED) is 0.782. The van der Waals surface area contributed by atoms with E-state index in [0.29, 0.717) is 42.7 Å². The minimum atomic E-state index is -0.281. The fourth-order valence-corrected chi connectivity index (χ4v) is 3.14. The van der Waals surface area contributed by atoms with Crippen LogP contribution in [0.25, 0.3) is 0 Å². The summed E-state index contributed by atoms with van der Waals surface area (Å²) in [4.78, 5) is 25.4. The topological polar surface area (TPSA) is 70.7 Å².